The summed E-state index contributed by atoms with van der Waals surface area (Å²) in [5.74, 6) is -0.375. The standard InChI is InChI=1S/C17H15NO2S2/c1-18-13-7-4-3-6-11(13)15(17(18)20)16(21-2)12(10-19)14-8-5-9-22-14/h3-10,15H,1-2H3/b16-12-. The lowest BCUT2D eigenvalue weighted by molar-refractivity contribution is -0.118. The lowest BCUT2D eigenvalue weighted by atomic mass is 9.97. The summed E-state index contributed by atoms with van der Waals surface area (Å²) in [5, 5.41) is 1.94. The maximum atomic E-state index is 12.7. The average Bonchev–Trinajstić information content (AvgIpc) is 3.15. The molecule has 2 aromatic rings. The molecule has 1 aromatic carbocycles. The molecule has 112 valence electrons. The molecule has 3 rings (SSSR count). The minimum atomic E-state index is -0.390. The van der Waals surface area contributed by atoms with E-state index in [2.05, 4.69) is 0 Å². The zero-order valence-corrected chi connectivity index (χ0v) is 13.9. The first-order valence-electron chi connectivity index (χ1n) is 6.82. The van der Waals surface area contributed by atoms with E-state index in [1.54, 1.807) is 11.9 Å². The number of para-hydroxylation sites is 1. The second kappa shape index (κ2) is 6.10. The Morgan fingerprint density at radius 1 is 1.27 bits per heavy atom. The second-order valence-electron chi connectivity index (χ2n) is 4.97. The fraction of sp³-hybridized carbons (Fsp3) is 0.176. The van der Waals surface area contributed by atoms with Gasteiger partial charge in [-0.1, -0.05) is 24.3 Å². The number of carbonyl (C=O) groups excluding carboxylic acids is 2. The molecular weight excluding hydrogens is 314 g/mol. The number of anilines is 1. The highest BCUT2D eigenvalue weighted by Gasteiger charge is 2.38. The molecule has 2 heterocycles. The molecule has 22 heavy (non-hydrogen) atoms. The van der Waals surface area contributed by atoms with Crippen LogP contribution in [-0.2, 0) is 9.59 Å². The van der Waals surface area contributed by atoms with Gasteiger partial charge in [0.15, 0.2) is 6.29 Å². The van der Waals surface area contributed by atoms with Crippen LogP contribution < -0.4 is 4.90 Å². The van der Waals surface area contributed by atoms with Crippen molar-refractivity contribution in [2.24, 2.45) is 0 Å². The number of benzene rings is 1. The highest BCUT2D eigenvalue weighted by molar-refractivity contribution is 8.02. The summed E-state index contributed by atoms with van der Waals surface area (Å²) in [6, 6.07) is 11.6. The molecule has 0 bridgehead atoms. The van der Waals surface area contributed by atoms with Gasteiger partial charge in [-0.3, -0.25) is 9.59 Å². The molecule has 0 spiro atoms. The predicted octanol–water partition coefficient (Wildman–Crippen LogP) is 3.78. The number of thiophene rings is 1. The minimum absolute atomic E-state index is 0.0152. The van der Waals surface area contributed by atoms with Gasteiger partial charge in [0.2, 0.25) is 5.91 Å². The number of hydrogen-bond acceptors (Lipinski definition) is 4. The molecule has 0 radical (unpaired) electrons. The second-order valence-corrected chi connectivity index (χ2v) is 6.76. The number of amides is 1. The van der Waals surface area contributed by atoms with Gasteiger partial charge in [-0.2, -0.15) is 0 Å². The summed E-state index contributed by atoms with van der Waals surface area (Å²) in [5.41, 5.74) is 2.50. The van der Waals surface area contributed by atoms with E-state index >= 15 is 0 Å². The van der Waals surface area contributed by atoms with E-state index in [-0.39, 0.29) is 5.91 Å². The summed E-state index contributed by atoms with van der Waals surface area (Å²) in [6.07, 6.45) is 2.78. The van der Waals surface area contributed by atoms with Gasteiger partial charge in [-0.15, -0.1) is 23.1 Å². The number of likely N-dealkylation sites (N-methyl/N-ethyl adjacent to an activating group) is 1. The van der Waals surface area contributed by atoms with E-state index in [4.69, 9.17) is 0 Å². The summed E-state index contributed by atoms with van der Waals surface area (Å²) in [6.45, 7) is 0. The SMILES string of the molecule is CS/C(=C(/C=O)c1cccs1)C1C(=O)N(C)c2ccccc21. The van der Waals surface area contributed by atoms with E-state index in [9.17, 15) is 9.59 Å². The zero-order valence-electron chi connectivity index (χ0n) is 12.3. The van der Waals surface area contributed by atoms with Crippen molar-refractivity contribution in [3.05, 3.63) is 57.1 Å². The van der Waals surface area contributed by atoms with Crippen LogP contribution in [0.5, 0.6) is 0 Å². The lowest BCUT2D eigenvalue weighted by Gasteiger charge is -2.15. The minimum Gasteiger partial charge on any atom is -0.314 e. The molecule has 1 aliphatic rings. The summed E-state index contributed by atoms with van der Waals surface area (Å²) in [4.78, 5) is 27.8. The number of rotatable bonds is 4. The third-order valence-electron chi connectivity index (χ3n) is 3.84. The van der Waals surface area contributed by atoms with Crippen LogP contribution in [0.15, 0.2) is 46.7 Å². The Hall–Kier alpha value is -1.85. The number of aldehydes is 1. The summed E-state index contributed by atoms with van der Waals surface area (Å²) < 4.78 is 0. The van der Waals surface area contributed by atoms with Crippen molar-refractivity contribution >= 4 is 46.6 Å². The lowest BCUT2D eigenvalue weighted by Crippen LogP contribution is -2.24. The molecule has 1 unspecified atom stereocenters. The Morgan fingerprint density at radius 3 is 2.68 bits per heavy atom. The van der Waals surface area contributed by atoms with Crippen LogP contribution in [0.25, 0.3) is 5.57 Å². The van der Waals surface area contributed by atoms with Crippen molar-refractivity contribution in [2.45, 2.75) is 5.92 Å². The van der Waals surface area contributed by atoms with Crippen LogP contribution in [0.2, 0.25) is 0 Å². The molecule has 0 saturated heterocycles. The van der Waals surface area contributed by atoms with Crippen LogP contribution in [0, 0.1) is 0 Å². The van der Waals surface area contributed by atoms with Gasteiger partial charge in [-0.05, 0) is 29.3 Å². The fourth-order valence-electron chi connectivity index (χ4n) is 2.79. The van der Waals surface area contributed by atoms with Crippen LogP contribution in [0.4, 0.5) is 5.69 Å². The maximum Gasteiger partial charge on any atom is 0.239 e. The molecule has 5 heteroatoms. The van der Waals surface area contributed by atoms with Crippen molar-refractivity contribution in [3.63, 3.8) is 0 Å². The van der Waals surface area contributed by atoms with E-state index in [0.29, 0.717) is 5.57 Å². The highest BCUT2D eigenvalue weighted by Crippen LogP contribution is 2.46. The van der Waals surface area contributed by atoms with E-state index in [1.807, 2.05) is 48.0 Å². The molecule has 1 aromatic heterocycles. The Bertz CT molecular complexity index is 750. The molecule has 0 saturated carbocycles. The first kappa shape index (κ1) is 15.1. The van der Waals surface area contributed by atoms with E-state index in [0.717, 1.165) is 27.3 Å². The van der Waals surface area contributed by atoms with Crippen molar-refractivity contribution in [1.82, 2.24) is 0 Å². The number of thioether (sulfide) groups is 1. The quantitative estimate of drug-likeness (QED) is 0.633. The van der Waals surface area contributed by atoms with Crippen LogP contribution in [0.1, 0.15) is 16.4 Å². The van der Waals surface area contributed by atoms with Crippen LogP contribution >= 0.6 is 23.1 Å². The van der Waals surface area contributed by atoms with Crippen LogP contribution in [0.3, 0.4) is 0 Å². The molecular formula is C17H15NO2S2. The molecule has 3 nitrogen and oxygen atoms in total. The van der Waals surface area contributed by atoms with E-state index < -0.39 is 5.92 Å². The molecule has 1 amide bonds. The largest absolute Gasteiger partial charge is 0.314 e. The maximum absolute atomic E-state index is 12.7. The fourth-order valence-corrected chi connectivity index (χ4v) is 4.44. The predicted molar refractivity (Wildman–Crippen MR) is 93.4 cm³/mol. The monoisotopic (exact) mass is 329 g/mol. The first-order valence-corrected chi connectivity index (χ1v) is 8.93. The Labute approximate surface area is 137 Å². The topological polar surface area (TPSA) is 37.4 Å². The Kier molecular flexibility index (Phi) is 4.18. The van der Waals surface area contributed by atoms with Gasteiger partial charge in [0.25, 0.3) is 0 Å². The Balaban J connectivity index is 2.19. The number of hydrogen-bond donors (Lipinski definition) is 0. The van der Waals surface area contributed by atoms with Crippen molar-refractivity contribution in [2.75, 3.05) is 18.2 Å². The third kappa shape index (κ3) is 2.30. The molecule has 1 atom stereocenters. The number of nitrogens with zero attached hydrogens (tertiary/aromatic N) is 1. The smallest absolute Gasteiger partial charge is 0.239 e. The number of carbonyl (C=O) groups is 2. The number of allylic oxidation sites excluding steroid dienone is 1. The third-order valence-corrected chi connectivity index (χ3v) is 5.64. The molecule has 0 fully saturated rings. The number of fused-ring (bicyclic) bond motifs is 1. The van der Waals surface area contributed by atoms with E-state index in [1.165, 1.54) is 23.1 Å². The van der Waals surface area contributed by atoms with Gasteiger partial charge in [-0.25, -0.2) is 0 Å². The first-order chi connectivity index (χ1) is 10.7. The van der Waals surface area contributed by atoms with Crippen molar-refractivity contribution in [1.29, 1.82) is 0 Å². The average molecular weight is 329 g/mol. The zero-order chi connectivity index (χ0) is 15.7. The van der Waals surface area contributed by atoms with Gasteiger partial charge in [0.05, 0.1) is 5.92 Å². The van der Waals surface area contributed by atoms with Crippen molar-refractivity contribution in [3.8, 4) is 0 Å². The molecule has 0 N–H and O–H groups in total. The summed E-state index contributed by atoms with van der Waals surface area (Å²) in [7, 11) is 1.78. The Morgan fingerprint density at radius 2 is 2.05 bits per heavy atom. The molecule has 0 aliphatic carbocycles. The van der Waals surface area contributed by atoms with Gasteiger partial charge < -0.3 is 4.90 Å². The van der Waals surface area contributed by atoms with Gasteiger partial charge in [0, 0.05) is 28.1 Å². The van der Waals surface area contributed by atoms with Crippen LogP contribution in [-0.4, -0.2) is 25.5 Å². The van der Waals surface area contributed by atoms with Gasteiger partial charge >= 0.3 is 0 Å². The molecule has 1 aliphatic heterocycles. The van der Waals surface area contributed by atoms with Crippen molar-refractivity contribution < 1.29 is 9.59 Å². The highest BCUT2D eigenvalue weighted by atomic mass is 32.2. The van der Waals surface area contributed by atoms with Gasteiger partial charge in [0.1, 0.15) is 0 Å². The normalized spacial score (nSPS) is 18.2. The summed E-state index contributed by atoms with van der Waals surface area (Å²) >= 11 is 2.99.